The van der Waals surface area contributed by atoms with Gasteiger partial charge in [0.2, 0.25) is 0 Å². The van der Waals surface area contributed by atoms with Gasteiger partial charge in [0.1, 0.15) is 6.10 Å². The Balaban J connectivity index is 3.60. The number of amides is 1. The molecule has 0 radical (unpaired) electrons. The summed E-state index contributed by atoms with van der Waals surface area (Å²) in [5.74, 6) is 4.52. The van der Waals surface area contributed by atoms with Crippen molar-refractivity contribution in [1.82, 2.24) is 4.90 Å². The maximum atomic E-state index is 10.7. The molecule has 0 aliphatic carbocycles. The van der Waals surface area contributed by atoms with Gasteiger partial charge in [-0.15, -0.1) is 12.8 Å². The van der Waals surface area contributed by atoms with Gasteiger partial charge < -0.3 is 10.2 Å². The number of unbranched alkanes of at least 4 members (excludes halogenated alkanes) is 2. The van der Waals surface area contributed by atoms with Crippen LogP contribution in [0.15, 0.2) is 0 Å². The third-order valence-corrected chi connectivity index (χ3v) is 2.15. The van der Waals surface area contributed by atoms with Crippen molar-refractivity contribution < 1.29 is 15.0 Å². The first-order valence-electron chi connectivity index (χ1n) is 5.17. The van der Waals surface area contributed by atoms with Crippen LogP contribution >= 0.6 is 0 Å². The molecule has 0 saturated heterocycles. The van der Waals surface area contributed by atoms with E-state index < -0.39 is 12.2 Å². The maximum absolute atomic E-state index is 10.7. The van der Waals surface area contributed by atoms with Crippen LogP contribution in [0.25, 0.3) is 0 Å². The second-order valence-electron chi connectivity index (χ2n) is 3.44. The molecule has 0 aromatic carbocycles. The minimum Gasteiger partial charge on any atom is -0.465 e. The summed E-state index contributed by atoms with van der Waals surface area (Å²) in [6, 6.07) is 0. The molecule has 0 aromatic rings. The van der Waals surface area contributed by atoms with Crippen LogP contribution in [0.4, 0.5) is 4.79 Å². The SMILES string of the molecule is C#CCN(CCCCCC(O)C#C)C(=O)O. The van der Waals surface area contributed by atoms with E-state index in [-0.39, 0.29) is 6.54 Å². The van der Waals surface area contributed by atoms with E-state index in [1.54, 1.807) is 0 Å². The van der Waals surface area contributed by atoms with Gasteiger partial charge in [-0.3, -0.25) is 4.90 Å². The van der Waals surface area contributed by atoms with Crippen LogP contribution in [0.2, 0.25) is 0 Å². The summed E-state index contributed by atoms with van der Waals surface area (Å²) in [6.07, 6.45) is 11.3. The average molecular weight is 223 g/mol. The molecular formula is C12H17NO3. The molecule has 1 unspecified atom stereocenters. The van der Waals surface area contributed by atoms with E-state index in [1.807, 2.05) is 0 Å². The van der Waals surface area contributed by atoms with Crippen LogP contribution in [0, 0.1) is 24.7 Å². The first kappa shape index (κ1) is 14.3. The summed E-state index contributed by atoms with van der Waals surface area (Å²) in [5, 5.41) is 17.8. The van der Waals surface area contributed by atoms with Crippen molar-refractivity contribution in [3.63, 3.8) is 0 Å². The third kappa shape index (κ3) is 6.75. The van der Waals surface area contributed by atoms with Gasteiger partial charge in [0, 0.05) is 6.54 Å². The Labute approximate surface area is 96.3 Å². The average Bonchev–Trinajstić information content (AvgIpc) is 2.26. The first-order chi connectivity index (χ1) is 7.61. The lowest BCUT2D eigenvalue weighted by molar-refractivity contribution is 0.150. The van der Waals surface area contributed by atoms with E-state index in [4.69, 9.17) is 23.1 Å². The molecule has 0 spiro atoms. The lowest BCUT2D eigenvalue weighted by atomic mass is 10.1. The predicted octanol–water partition coefficient (Wildman–Crippen LogP) is 1.15. The predicted molar refractivity (Wildman–Crippen MR) is 61.7 cm³/mol. The molecule has 2 N–H and O–H groups in total. The molecule has 4 nitrogen and oxygen atoms in total. The quantitative estimate of drug-likeness (QED) is 0.503. The summed E-state index contributed by atoms with van der Waals surface area (Å²) in [7, 11) is 0. The van der Waals surface area contributed by atoms with Crippen LogP contribution in [0.3, 0.4) is 0 Å². The standard InChI is InChI=1S/C12H17NO3/c1-3-9-13(12(15)16)10-7-5-6-8-11(14)4-2/h1-2,11,14H,5-10H2,(H,15,16). The van der Waals surface area contributed by atoms with Gasteiger partial charge >= 0.3 is 6.09 Å². The molecule has 0 aliphatic rings. The fourth-order valence-electron chi connectivity index (χ4n) is 1.25. The lowest BCUT2D eigenvalue weighted by Gasteiger charge is -2.15. The van der Waals surface area contributed by atoms with E-state index in [0.717, 1.165) is 19.3 Å². The molecule has 0 aromatic heterocycles. The zero-order valence-electron chi connectivity index (χ0n) is 9.22. The summed E-state index contributed by atoms with van der Waals surface area (Å²) >= 11 is 0. The van der Waals surface area contributed by atoms with Crippen LogP contribution < -0.4 is 0 Å². The Hall–Kier alpha value is -1.65. The largest absolute Gasteiger partial charge is 0.465 e. The van der Waals surface area contributed by atoms with Gasteiger partial charge in [-0.05, 0) is 19.3 Å². The topological polar surface area (TPSA) is 60.8 Å². The van der Waals surface area contributed by atoms with Crippen molar-refractivity contribution in [2.24, 2.45) is 0 Å². The molecule has 1 atom stereocenters. The summed E-state index contributed by atoms with van der Waals surface area (Å²) in [6.45, 7) is 0.536. The number of aliphatic hydroxyl groups excluding tert-OH is 1. The number of carbonyl (C=O) groups is 1. The van der Waals surface area contributed by atoms with E-state index >= 15 is 0 Å². The van der Waals surface area contributed by atoms with Crippen LogP contribution in [0.5, 0.6) is 0 Å². The smallest absolute Gasteiger partial charge is 0.408 e. The molecule has 0 saturated carbocycles. The number of hydrogen-bond donors (Lipinski definition) is 2. The van der Waals surface area contributed by atoms with Gasteiger partial charge in [-0.25, -0.2) is 4.79 Å². The second kappa shape index (κ2) is 8.64. The number of terminal acetylenes is 2. The lowest BCUT2D eigenvalue weighted by Crippen LogP contribution is -2.30. The van der Waals surface area contributed by atoms with Crippen molar-refractivity contribution in [2.45, 2.75) is 31.8 Å². The van der Waals surface area contributed by atoms with Crippen LogP contribution in [-0.4, -0.2) is 40.4 Å². The van der Waals surface area contributed by atoms with Crippen molar-refractivity contribution in [1.29, 1.82) is 0 Å². The molecule has 88 valence electrons. The molecule has 0 fully saturated rings. The minimum absolute atomic E-state index is 0.113. The zero-order chi connectivity index (χ0) is 12.4. The van der Waals surface area contributed by atoms with Gasteiger partial charge in [0.15, 0.2) is 0 Å². The molecular weight excluding hydrogens is 206 g/mol. The number of aliphatic hydroxyl groups is 1. The van der Waals surface area contributed by atoms with Gasteiger partial charge in [0.25, 0.3) is 0 Å². The molecule has 0 rings (SSSR count). The fraction of sp³-hybridized carbons (Fsp3) is 0.583. The number of hydrogen-bond acceptors (Lipinski definition) is 2. The monoisotopic (exact) mass is 223 g/mol. The molecule has 1 amide bonds. The number of nitrogens with zero attached hydrogens (tertiary/aromatic N) is 1. The van der Waals surface area contributed by atoms with E-state index in [9.17, 15) is 4.79 Å². The minimum atomic E-state index is -0.999. The summed E-state index contributed by atoms with van der Waals surface area (Å²) in [4.78, 5) is 11.9. The Bertz CT molecular complexity index is 288. The van der Waals surface area contributed by atoms with Crippen molar-refractivity contribution in [2.75, 3.05) is 13.1 Å². The third-order valence-electron chi connectivity index (χ3n) is 2.15. The summed E-state index contributed by atoms with van der Waals surface area (Å²) < 4.78 is 0. The second-order valence-corrected chi connectivity index (χ2v) is 3.44. The van der Waals surface area contributed by atoms with Gasteiger partial charge in [-0.2, -0.15) is 0 Å². The normalized spacial score (nSPS) is 11.2. The Kier molecular flexibility index (Phi) is 7.75. The number of carboxylic acid groups (broad SMARTS) is 1. The fourth-order valence-corrected chi connectivity index (χ4v) is 1.25. The van der Waals surface area contributed by atoms with Gasteiger partial charge in [-0.1, -0.05) is 18.3 Å². The van der Waals surface area contributed by atoms with Crippen LogP contribution in [0.1, 0.15) is 25.7 Å². The van der Waals surface area contributed by atoms with E-state index in [1.165, 1.54) is 4.90 Å². The molecule has 0 heterocycles. The molecule has 16 heavy (non-hydrogen) atoms. The molecule has 4 heteroatoms. The highest BCUT2D eigenvalue weighted by Crippen LogP contribution is 2.04. The Morgan fingerprint density at radius 2 is 2.00 bits per heavy atom. The Morgan fingerprint density at radius 1 is 1.31 bits per heavy atom. The Morgan fingerprint density at radius 3 is 2.50 bits per heavy atom. The van der Waals surface area contributed by atoms with Crippen molar-refractivity contribution >= 4 is 6.09 Å². The molecule has 0 aliphatic heterocycles. The van der Waals surface area contributed by atoms with E-state index in [2.05, 4.69) is 11.8 Å². The van der Waals surface area contributed by atoms with Crippen LogP contribution in [-0.2, 0) is 0 Å². The highest BCUT2D eigenvalue weighted by molar-refractivity contribution is 5.65. The summed E-state index contributed by atoms with van der Waals surface area (Å²) in [5.41, 5.74) is 0. The maximum Gasteiger partial charge on any atom is 0.408 e. The molecule has 0 bridgehead atoms. The van der Waals surface area contributed by atoms with E-state index in [0.29, 0.717) is 13.0 Å². The highest BCUT2D eigenvalue weighted by Gasteiger charge is 2.08. The first-order valence-corrected chi connectivity index (χ1v) is 5.17. The van der Waals surface area contributed by atoms with Crippen molar-refractivity contribution in [3.05, 3.63) is 0 Å². The highest BCUT2D eigenvalue weighted by atomic mass is 16.4. The number of rotatable bonds is 7. The zero-order valence-corrected chi connectivity index (χ0v) is 9.22. The van der Waals surface area contributed by atoms with Crippen molar-refractivity contribution in [3.8, 4) is 24.7 Å². The van der Waals surface area contributed by atoms with Gasteiger partial charge in [0.05, 0.1) is 6.54 Å².